The topological polar surface area (TPSA) is 64.1 Å². The number of carbonyl (C=O) groups is 1. The Morgan fingerprint density at radius 1 is 1.09 bits per heavy atom. The number of nitrogens with one attached hydrogen (secondary N) is 1. The maximum atomic E-state index is 12.1. The fraction of sp³-hybridized carbons (Fsp3) is 0.167. The van der Waals surface area contributed by atoms with E-state index < -0.39 is 0 Å². The summed E-state index contributed by atoms with van der Waals surface area (Å²) >= 11 is 0. The van der Waals surface area contributed by atoms with Crippen molar-refractivity contribution >= 4 is 16.8 Å². The van der Waals surface area contributed by atoms with E-state index in [0.29, 0.717) is 6.54 Å². The van der Waals surface area contributed by atoms with Crippen LogP contribution in [0.2, 0.25) is 0 Å². The van der Waals surface area contributed by atoms with Gasteiger partial charge < -0.3 is 10.1 Å². The van der Waals surface area contributed by atoms with Gasteiger partial charge in [0, 0.05) is 17.5 Å². The number of methoxy groups -OCH3 is 1. The Labute approximate surface area is 134 Å². The second kappa shape index (κ2) is 6.44. The molecule has 1 N–H and O–H groups in total. The van der Waals surface area contributed by atoms with Gasteiger partial charge in [0.05, 0.1) is 18.3 Å². The fourth-order valence-electron chi connectivity index (χ4n) is 2.39. The van der Waals surface area contributed by atoms with E-state index in [1.165, 1.54) is 0 Å². The predicted molar refractivity (Wildman–Crippen MR) is 89.5 cm³/mol. The van der Waals surface area contributed by atoms with Gasteiger partial charge in [-0.2, -0.15) is 0 Å². The number of carbonyl (C=O) groups excluding carboxylic acids is 1. The van der Waals surface area contributed by atoms with E-state index in [-0.39, 0.29) is 11.7 Å². The Hall–Kier alpha value is -2.95. The largest absolute Gasteiger partial charge is 0.497 e. The van der Waals surface area contributed by atoms with Crippen LogP contribution < -0.4 is 10.1 Å². The SMILES string of the molecule is CCNC(=O)c1nc(-c2ccc(OC)cc2)c2ccccc2n1. The standard InChI is InChI=1S/C18H17N3O2/c1-3-19-18(22)17-20-15-7-5-4-6-14(15)16(21-17)12-8-10-13(23-2)11-9-12/h4-11H,3H2,1-2H3,(H,19,22). The first-order valence-electron chi connectivity index (χ1n) is 7.42. The van der Waals surface area contributed by atoms with Crippen molar-refractivity contribution in [2.45, 2.75) is 6.92 Å². The lowest BCUT2D eigenvalue weighted by atomic mass is 10.1. The van der Waals surface area contributed by atoms with Crippen LogP contribution >= 0.6 is 0 Å². The molecule has 0 radical (unpaired) electrons. The van der Waals surface area contributed by atoms with E-state index >= 15 is 0 Å². The van der Waals surface area contributed by atoms with Gasteiger partial charge in [0.1, 0.15) is 5.75 Å². The average molecular weight is 307 g/mol. The normalized spacial score (nSPS) is 10.5. The molecule has 0 spiro atoms. The number of aromatic nitrogens is 2. The van der Waals surface area contributed by atoms with Gasteiger partial charge in [0.2, 0.25) is 5.82 Å². The smallest absolute Gasteiger partial charge is 0.289 e. The van der Waals surface area contributed by atoms with Crippen LogP contribution in [0.4, 0.5) is 0 Å². The molecule has 0 saturated carbocycles. The Kier molecular flexibility index (Phi) is 4.19. The molecule has 0 bridgehead atoms. The summed E-state index contributed by atoms with van der Waals surface area (Å²) < 4.78 is 5.19. The molecule has 116 valence electrons. The highest BCUT2D eigenvalue weighted by atomic mass is 16.5. The van der Waals surface area contributed by atoms with Gasteiger partial charge in [-0.1, -0.05) is 18.2 Å². The summed E-state index contributed by atoms with van der Waals surface area (Å²) in [5, 5.41) is 3.65. The molecule has 5 nitrogen and oxygen atoms in total. The van der Waals surface area contributed by atoms with Crippen LogP contribution in [0.3, 0.4) is 0 Å². The third-order valence-corrected chi connectivity index (χ3v) is 3.51. The Balaban J connectivity index is 2.18. The highest BCUT2D eigenvalue weighted by Gasteiger charge is 2.14. The molecule has 3 rings (SSSR count). The molecule has 0 fully saturated rings. The molecule has 0 aliphatic heterocycles. The van der Waals surface area contributed by atoms with Gasteiger partial charge in [-0.05, 0) is 37.3 Å². The first-order chi connectivity index (χ1) is 11.2. The molecule has 0 atom stereocenters. The Morgan fingerprint density at radius 2 is 1.83 bits per heavy atom. The minimum Gasteiger partial charge on any atom is -0.497 e. The maximum Gasteiger partial charge on any atom is 0.289 e. The lowest BCUT2D eigenvalue weighted by molar-refractivity contribution is 0.0946. The predicted octanol–water partition coefficient (Wildman–Crippen LogP) is 3.06. The number of benzene rings is 2. The number of hydrogen-bond donors (Lipinski definition) is 1. The van der Waals surface area contributed by atoms with Crippen molar-refractivity contribution in [1.82, 2.24) is 15.3 Å². The van der Waals surface area contributed by atoms with Gasteiger partial charge in [-0.15, -0.1) is 0 Å². The van der Waals surface area contributed by atoms with E-state index in [0.717, 1.165) is 27.9 Å². The van der Waals surface area contributed by atoms with Crippen molar-refractivity contribution in [3.8, 4) is 17.0 Å². The van der Waals surface area contributed by atoms with E-state index in [1.54, 1.807) is 7.11 Å². The molecule has 1 heterocycles. The van der Waals surface area contributed by atoms with Gasteiger partial charge in [-0.3, -0.25) is 4.79 Å². The maximum absolute atomic E-state index is 12.1. The first-order valence-corrected chi connectivity index (χ1v) is 7.42. The summed E-state index contributed by atoms with van der Waals surface area (Å²) in [5.41, 5.74) is 2.39. The van der Waals surface area contributed by atoms with E-state index in [9.17, 15) is 4.79 Å². The van der Waals surface area contributed by atoms with Crippen LogP contribution in [-0.2, 0) is 0 Å². The second-order valence-electron chi connectivity index (χ2n) is 5.00. The van der Waals surface area contributed by atoms with Gasteiger partial charge in [-0.25, -0.2) is 9.97 Å². The van der Waals surface area contributed by atoms with Crippen LogP contribution in [0.15, 0.2) is 48.5 Å². The quantitative estimate of drug-likeness (QED) is 0.804. The van der Waals surface area contributed by atoms with E-state index in [1.807, 2.05) is 55.5 Å². The third-order valence-electron chi connectivity index (χ3n) is 3.51. The van der Waals surface area contributed by atoms with Gasteiger partial charge in [0.15, 0.2) is 0 Å². The lowest BCUT2D eigenvalue weighted by Crippen LogP contribution is -2.25. The number of para-hydroxylation sites is 1. The summed E-state index contributed by atoms with van der Waals surface area (Å²) in [6.07, 6.45) is 0. The molecule has 0 aliphatic carbocycles. The number of hydrogen-bond acceptors (Lipinski definition) is 4. The van der Waals surface area contributed by atoms with Crippen LogP contribution in [0.25, 0.3) is 22.2 Å². The summed E-state index contributed by atoms with van der Waals surface area (Å²) in [6, 6.07) is 15.3. The minimum absolute atomic E-state index is 0.177. The number of fused-ring (bicyclic) bond motifs is 1. The molecular weight excluding hydrogens is 290 g/mol. The first kappa shape index (κ1) is 15.0. The lowest BCUT2D eigenvalue weighted by Gasteiger charge is -2.09. The molecule has 5 heteroatoms. The van der Waals surface area contributed by atoms with Crippen molar-refractivity contribution in [3.05, 3.63) is 54.4 Å². The zero-order valence-corrected chi connectivity index (χ0v) is 13.0. The van der Waals surface area contributed by atoms with Crippen molar-refractivity contribution in [2.24, 2.45) is 0 Å². The number of ether oxygens (including phenoxy) is 1. The van der Waals surface area contributed by atoms with Gasteiger partial charge in [0.25, 0.3) is 5.91 Å². The summed E-state index contributed by atoms with van der Waals surface area (Å²) in [6.45, 7) is 2.40. The third kappa shape index (κ3) is 2.99. The molecule has 0 unspecified atom stereocenters. The molecule has 1 aromatic heterocycles. The Morgan fingerprint density at radius 3 is 2.52 bits per heavy atom. The monoisotopic (exact) mass is 307 g/mol. The zero-order chi connectivity index (χ0) is 16.2. The van der Waals surface area contributed by atoms with Crippen molar-refractivity contribution in [1.29, 1.82) is 0 Å². The summed E-state index contributed by atoms with van der Waals surface area (Å²) in [5.74, 6) is 0.681. The average Bonchev–Trinajstić information content (AvgIpc) is 2.61. The minimum atomic E-state index is -0.270. The number of nitrogens with zero attached hydrogens (tertiary/aromatic N) is 2. The Bertz CT molecular complexity index is 845. The summed E-state index contributed by atoms with van der Waals surface area (Å²) in [4.78, 5) is 21.0. The van der Waals surface area contributed by atoms with Gasteiger partial charge >= 0.3 is 0 Å². The van der Waals surface area contributed by atoms with Crippen molar-refractivity contribution in [3.63, 3.8) is 0 Å². The second-order valence-corrected chi connectivity index (χ2v) is 5.00. The molecular formula is C18H17N3O2. The van der Waals surface area contributed by atoms with Crippen LogP contribution in [0, 0.1) is 0 Å². The summed E-state index contributed by atoms with van der Waals surface area (Å²) in [7, 11) is 1.63. The molecule has 0 saturated heterocycles. The fourth-order valence-corrected chi connectivity index (χ4v) is 2.39. The molecule has 2 aromatic carbocycles. The molecule has 3 aromatic rings. The number of amides is 1. The number of rotatable bonds is 4. The van der Waals surface area contributed by atoms with Crippen molar-refractivity contribution < 1.29 is 9.53 Å². The molecule has 0 aliphatic rings. The van der Waals surface area contributed by atoms with Crippen LogP contribution in [0.1, 0.15) is 17.5 Å². The molecule has 1 amide bonds. The highest BCUT2D eigenvalue weighted by molar-refractivity contribution is 5.97. The molecule has 23 heavy (non-hydrogen) atoms. The van der Waals surface area contributed by atoms with Crippen LogP contribution in [0.5, 0.6) is 5.75 Å². The van der Waals surface area contributed by atoms with E-state index in [2.05, 4.69) is 15.3 Å². The zero-order valence-electron chi connectivity index (χ0n) is 13.0. The van der Waals surface area contributed by atoms with E-state index in [4.69, 9.17) is 4.74 Å². The highest BCUT2D eigenvalue weighted by Crippen LogP contribution is 2.27. The van der Waals surface area contributed by atoms with Crippen LogP contribution in [-0.4, -0.2) is 29.5 Å². The van der Waals surface area contributed by atoms with Crippen molar-refractivity contribution in [2.75, 3.05) is 13.7 Å².